The Morgan fingerprint density at radius 2 is 0.596 bits per heavy atom. The molecule has 0 aliphatic carbocycles. The molecule has 0 aliphatic heterocycles. The van der Waals surface area contributed by atoms with Crippen molar-refractivity contribution in [1.29, 1.82) is 0 Å². The van der Waals surface area contributed by atoms with Crippen LogP contribution in [0.1, 0.15) is 0 Å². The topological polar surface area (TPSA) is 76.2 Å². The third kappa shape index (κ3) is 11.9. The lowest BCUT2D eigenvalue weighted by molar-refractivity contribution is 0.311. The molecule has 0 unspecified atom stereocenters. The molecule has 109 heavy (non-hydrogen) atoms. The van der Waals surface area contributed by atoms with Crippen molar-refractivity contribution < 1.29 is 11.4 Å². The van der Waals surface area contributed by atoms with Gasteiger partial charge in [0.25, 0.3) is 0 Å². The van der Waals surface area contributed by atoms with E-state index in [0.29, 0.717) is 17.2 Å². The molecule has 0 aliphatic rings. The fourth-order valence-electron chi connectivity index (χ4n) is 15.8. The SMILES string of the molecule is c1cc(-c2ccc3c4ccccc4c4ccccc4c3c2)cc(-c2cccc3c2sc2ccccc23)c1.c1ccc(-n2c3ccccc3c3cc(-c4ccc5c(c4)c4ccccc4n5-c4ccccc4)ccc32)cc1.c1cnc2c([O][Al]([O]c3cccc4cccnc34)[O]c3cccc4cccnc34)cccc2c1. The fourth-order valence-corrected chi connectivity index (χ4v) is 18.4. The first-order chi connectivity index (χ1) is 54.1. The molecule has 22 rings (SSSR count). The third-order valence-corrected chi connectivity index (χ3v) is 23.4. The molecule has 0 radical (unpaired) electrons. The van der Waals surface area contributed by atoms with Gasteiger partial charge in [0.05, 0.1) is 22.1 Å². The minimum absolute atomic E-state index is 0.608. The molecular formula is C99H64AlN5O3S. The molecular weight excluding hydrogens is 1370 g/mol. The van der Waals surface area contributed by atoms with E-state index in [9.17, 15) is 0 Å². The second-order valence-electron chi connectivity index (χ2n) is 27.2. The van der Waals surface area contributed by atoms with E-state index in [-0.39, 0.29) is 0 Å². The number of thiophene rings is 1. The molecule has 6 heterocycles. The van der Waals surface area contributed by atoms with Gasteiger partial charge >= 0.3 is 15.1 Å². The quantitative estimate of drug-likeness (QED) is 0.0949. The van der Waals surface area contributed by atoms with Gasteiger partial charge in [-0.2, -0.15) is 0 Å². The Balaban J connectivity index is 0.000000108. The number of para-hydroxylation sites is 7. The predicted molar refractivity (Wildman–Crippen MR) is 456 cm³/mol. The molecule has 0 bridgehead atoms. The van der Waals surface area contributed by atoms with Crippen LogP contribution in [-0.2, 0) is 0 Å². The average molecular weight is 1430 g/mol. The number of rotatable bonds is 11. The highest BCUT2D eigenvalue weighted by Crippen LogP contribution is 2.44. The van der Waals surface area contributed by atoms with Gasteiger partial charge in [0.1, 0.15) is 33.8 Å². The molecule has 0 saturated carbocycles. The first kappa shape index (κ1) is 64.9. The van der Waals surface area contributed by atoms with Crippen molar-refractivity contribution in [3.63, 3.8) is 0 Å². The normalized spacial score (nSPS) is 11.5. The van der Waals surface area contributed by atoms with Crippen molar-refractivity contribution in [1.82, 2.24) is 24.1 Å². The standard InChI is InChI=1S/C36H24N2.C36H22S.3C9H7NO.Al/c1-3-11-27(12-4-1)37-33-17-9-7-15-29(33)31-23-25(19-21-35(31)37)26-20-22-36-32(24-26)30-16-8-10-18-34(30)38(36)28-13-5-2-6-14-28;1-2-13-29-27(11-1)28-12-3-4-14-30(28)34-22-24(19-20-31(29)34)23-9-7-10-25(21-23)26-16-8-17-33-32-15-5-6-18-35(32)37-36(26)33;3*11-8-5-1-3-7-4-2-6-10-9(7)8;/h1-24H;1-22H;3*1-6,11H;/q;;;;;+3/p-3. The molecule has 512 valence electrons. The summed E-state index contributed by atoms with van der Waals surface area (Å²) < 4.78 is 26.7. The minimum atomic E-state index is -2.86. The van der Waals surface area contributed by atoms with Gasteiger partial charge in [-0.25, -0.2) is 0 Å². The number of hydrogen-bond acceptors (Lipinski definition) is 7. The van der Waals surface area contributed by atoms with Crippen LogP contribution in [0.5, 0.6) is 17.2 Å². The highest BCUT2D eigenvalue weighted by Gasteiger charge is 2.46. The lowest BCUT2D eigenvalue weighted by atomic mass is 9.91. The number of aromatic nitrogens is 5. The smallest absolute Gasteiger partial charge is 0.576 e. The minimum Gasteiger partial charge on any atom is -0.576 e. The van der Waals surface area contributed by atoms with Crippen LogP contribution in [0.15, 0.2) is 389 Å². The maximum atomic E-state index is 6.41. The Morgan fingerprint density at radius 3 is 1.10 bits per heavy atom. The maximum Gasteiger partial charge on any atom is 1.20 e. The summed E-state index contributed by atoms with van der Waals surface area (Å²) in [7, 11) is 0. The van der Waals surface area contributed by atoms with Gasteiger partial charge in [0, 0.05) is 87.8 Å². The van der Waals surface area contributed by atoms with E-state index in [4.69, 9.17) is 11.4 Å². The summed E-state index contributed by atoms with van der Waals surface area (Å²) in [6.45, 7) is 0. The van der Waals surface area contributed by atoms with Gasteiger partial charge in [-0.05, 0) is 181 Å². The van der Waals surface area contributed by atoms with Gasteiger partial charge in [-0.1, -0.05) is 255 Å². The molecule has 22 aromatic rings. The number of hydrogen-bond donors (Lipinski definition) is 0. The van der Waals surface area contributed by atoms with E-state index in [1.54, 1.807) is 18.6 Å². The number of nitrogens with zero attached hydrogens (tertiary/aromatic N) is 5. The molecule has 0 spiro atoms. The molecule has 0 fully saturated rings. The Kier molecular flexibility index (Phi) is 16.6. The summed E-state index contributed by atoms with van der Waals surface area (Å²) in [5.41, 5.74) is 17.0. The summed E-state index contributed by atoms with van der Waals surface area (Å²) in [4.78, 5) is 13.5. The van der Waals surface area contributed by atoms with E-state index in [0.717, 1.165) is 32.7 Å². The van der Waals surface area contributed by atoms with Crippen LogP contribution < -0.4 is 11.4 Å². The van der Waals surface area contributed by atoms with Crippen LogP contribution in [0.3, 0.4) is 0 Å². The Labute approximate surface area is 636 Å². The zero-order chi connectivity index (χ0) is 72.1. The van der Waals surface area contributed by atoms with Crippen LogP contribution in [-0.4, -0.2) is 39.2 Å². The molecule has 10 heteroatoms. The zero-order valence-electron chi connectivity index (χ0n) is 58.9. The van der Waals surface area contributed by atoms with Crippen LogP contribution in [0.2, 0.25) is 0 Å². The lowest BCUT2D eigenvalue weighted by Crippen LogP contribution is -2.37. The van der Waals surface area contributed by atoms with Gasteiger partial charge in [-0.3, -0.25) is 15.0 Å². The third-order valence-electron chi connectivity index (χ3n) is 20.8. The molecule has 0 saturated heterocycles. The van der Waals surface area contributed by atoms with E-state index in [1.165, 1.54) is 141 Å². The lowest BCUT2D eigenvalue weighted by Gasteiger charge is -2.18. The van der Waals surface area contributed by atoms with Crippen molar-refractivity contribution in [2.45, 2.75) is 0 Å². The summed E-state index contributed by atoms with van der Waals surface area (Å²) >= 11 is -0.967. The number of benzene rings is 16. The van der Waals surface area contributed by atoms with Crippen LogP contribution in [0.25, 0.3) is 174 Å². The Morgan fingerprint density at radius 1 is 0.239 bits per heavy atom. The second-order valence-corrected chi connectivity index (χ2v) is 29.5. The van der Waals surface area contributed by atoms with Crippen molar-refractivity contribution in [2.75, 3.05) is 0 Å². The van der Waals surface area contributed by atoms with Gasteiger partial charge in [-0.15, -0.1) is 11.3 Å². The molecule has 6 aromatic heterocycles. The summed E-state index contributed by atoms with van der Waals surface area (Å²) in [5.74, 6) is 1.82. The van der Waals surface area contributed by atoms with E-state index in [2.05, 4.69) is 303 Å². The maximum absolute atomic E-state index is 6.41. The summed E-state index contributed by atoms with van der Waals surface area (Å²) in [5, 5.41) is 18.6. The van der Waals surface area contributed by atoms with Crippen LogP contribution >= 0.6 is 11.3 Å². The van der Waals surface area contributed by atoms with Crippen molar-refractivity contribution in [2.24, 2.45) is 0 Å². The van der Waals surface area contributed by atoms with Crippen molar-refractivity contribution in [3.8, 4) is 62.0 Å². The highest BCUT2D eigenvalue weighted by atomic mass is 32.1. The van der Waals surface area contributed by atoms with E-state index in [1.807, 2.05) is 102 Å². The van der Waals surface area contributed by atoms with Crippen molar-refractivity contribution in [3.05, 3.63) is 389 Å². The highest BCUT2D eigenvalue weighted by molar-refractivity contribution is 7.26. The largest absolute Gasteiger partial charge is 1.20 e. The first-order valence-corrected chi connectivity index (χ1v) is 38.8. The second kappa shape index (κ2) is 28.0. The van der Waals surface area contributed by atoms with Gasteiger partial charge in [0.2, 0.25) is 0 Å². The van der Waals surface area contributed by atoms with Crippen molar-refractivity contribution >= 4 is 155 Å². The molecule has 0 amide bonds. The van der Waals surface area contributed by atoms with Gasteiger partial charge in [0.15, 0.2) is 0 Å². The zero-order valence-corrected chi connectivity index (χ0v) is 60.9. The molecule has 0 atom stereocenters. The fraction of sp³-hybridized carbons (Fsp3) is 0. The average Bonchev–Trinajstić information content (AvgIpc) is 1.72. The molecule has 16 aromatic carbocycles. The summed E-state index contributed by atoms with van der Waals surface area (Å²) in [6.07, 6.45) is 5.24. The van der Waals surface area contributed by atoms with E-state index < -0.39 is 15.1 Å². The van der Waals surface area contributed by atoms with Crippen LogP contribution in [0, 0.1) is 0 Å². The molecule has 0 N–H and O–H groups in total. The number of fused-ring (bicyclic) bond motifs is 18. The summed E-state index contributed by atoms with van der Waals surface area (Å²) in [6, 6.07) is 131. The number of pyridine rings is 3. The molecule has 8 nitrogen and oxygen atoms in total. The first-order valence-electron chi connectivity index (χ1n) is 36.6. The Hall–Kier alpha value is -13.7. The van der Waals surface area contributed by atoms with Crippen LogP contribution in [0.4, 0.5) is 0 Å². The van der Waals surface area contributed by atoms with Gasteiger partial charge < -0.3 is 20.5 Å². The Bertz CT molecular complexity index is 6860. The predicted octanol–water partition coefficient (Wildman–Crippen LogP) is 26.2. The van der Waals surface area contributed by atoms with E-state index >= 15 is 0 Å². The monoisotopic (exact) mass is 1430 g/mol.